The van der Waals surface area contributed by atoms with Gasteiger partial charge >= 0.3 is 4.87 Å². The van der Waals surface area contributed by atoms with E-state index in [9.17, 15) is 24.3 Å². The number of benzene rings is 3. The zero-order chi connectivity index (χ0) is 29.5. The molecule has 3 atom stereocenters. The van der Waals surface area contributed by atoms with Gasteiger partial charge in [0.15, 0.2) is 18.1 Å². The Balaban J connectivity index is 1.29. The van der Waals surface area contributed by atoms with Crippen LogP contribution < -0.4 is 24.6 Å². The fraction of sp³-hybridized carbons (Fsp3) is 0.200. The molecule has 12 heteroatoms. The van der Waals surface area contributed by atoms with Gasteiger partial charge < -0.3 is 24.9 Å². The van der Waals surface area contributed by atoms with Crippen LogP contribution in [0, 0.1) is 12.8 Å². The average Bonchev–Trinajstić information content (AvgIpc) is 3.47. The molecule has 1 aromatic heterocycles. The van der Waals surface area contributed by atoms with Crippen LogP contribution in [0.2, 0.25) is 0 Å². The summed E-state index contributed by atoms with van der Waals surface area (Å²) in [6.07, 6.45) is 0. The lowest BCUT2D eigenvalue weighted by Gasteiger charge is -2.30. The van der Waals surface area contributed by atoms with E-state index in [1.54, 1.807) is 42.5 Å². The lowest BCUT2D eigenvalue weighted by atomic mass is 9.83. The highest BCUT2D eigenvalue weighted by atomic mass is 32.2. The van der Waals surface area contributed by atoms with E-state index in [-0.39, 0.29) is 29.0 Å². The molecular formula is C30H25N3O7S2. The second-order valence-corrected chi connectivity index (χ2v) is 12.1. The predicted molar refractivity (Wildman–Crippen MR) is 159 cm³/mol. The van der Waals surface area contributed by atoms with Crippen LogP contribution in [0.3, 0.4) is 0 Å². The molecule has 6 rings (SSSR count). The first-order valence-corrected chi connectivity index (χ1v) is 14.7. The van der Waals surface area contributed by atoms with Gasteiger partial charge in [0.1, 0.15) is 11.0 Å². The van der Waals surface area contributed by atoms with E-state index in [1.807, 2.05) is 19.1 Å². The van der Waals surface area contributed by atoms with E-state index in [0.29, 0.717) is 38.3 Å². The number of amides is 3. The third kappa shape index (κ3) is 5.03. The summed E-state index contributed by atoms with van der Waals surface area (Å²) in [4.78, 5) is 56.8. The standard InChI is InChI=1S/C30H25N3O7S2/c1-15-3-8-18(9-4-15)33-28(36)24-23(25-27(32-30(38)42-25)41-26(24)29(33)37)16-5-12-20(21(13-16)39-2)40-14-22(35)31-17-6-10-19(34)11-7-17/h3-13,23-24,26,34H,14H2,1-2H3,(H,31,35)(H,32,38)/t23-,24-,26+/m0/s1. The number of carbonyl (C=O) groups excluding carboxylic acids is 3. The molecule has 0 bridgehead atoms. The number of phenolic OH excluding ortho intramolecular Hbond substituents is 1. The number of rotatable bonds is 7. The Hall–Kier alpha value is -4.55. The molecule has 0 saturated carbocycles. The van der Waals surface area contributed by atoms with Crippen molar-refractivity contribution in [3.05, 3.63) is 92.4 Å². The minimum atomic E-state index is -0.740. The van der Waals surface area contributed by atoms with Crippen LogP contribution in [-0.4, -0.2) is 46.8 Å². The molecule has 3 heterocycles. The summed E-state index contributed by atoms with van der Waals surface area (Å²) < 4.78 is 11.3. The van der Waals surface area contributed by atoms with Gasteiger partial charge in [-0.25, -0.2) is 4.90 Å². The van der Waals surface area contributed by atoms with E-state index in [2.05, 4.69) is 10.3 Å². The highest BCUT2D eigenvalue weighted by Gasteiger charge is 2.56. The van der Waals surface area contributed by atoms with Gasteiger partial charge in [0.2, 0.25) is 11.8 Å². The number of aromatic amines is 1. The number of hydrogen-bond acceptors (Lipinski definition) is 9. The molecule has 3 amide bonds. The molecular weight excluding hydrogens is 578 g/mol. The molecule has 3 N–H and O–H groups in total. The highest BCUT2D eigenvalue weighted by Crippen LogP contribution is 2.53. The van der Waals surface area contributed by atoms with Crippen LogP contribution in [0.4, 0.5) is 11.4 Å². The first-order valence-electron chi connectivity index (χ1n) is 13.0. The van der Waals surface area contributed by atoms with Crippen molar-refractivity contribution in [3.8, 4) is 17.2 Å². The number of imide groups is 1. The second-order valence-electron chi connectivity index (χ2n) is 9.89. The first kappa shape index (κ1) is 27.6. The Bertz CT molecular complexity index is 1750. The number of H-pyrrole nitrogens is 1. The van der Waals surface area contributed by atoms with Crippen LogP contribution in [0.25, 0.3) is 0 Å². The quantitative estimate of drug-likeness (QED) is 0.210. The van der Waals surface area contributed by atoms with Gasteiger partial charge in [-0.15, -0.1) is 0 Å². The molecule has 2 aliphatic heterocycles. The fourth-order valence-electron chi connectivity index (χ4n) is 5.21. The largest absolute Gasteiger partial charge is 0.508 e. The summed E-state index contributed by atoms with van der Waals surface area (Å²) in [6.45, 7) is 1.63. The van der Waals surface area contributed by atoms with Crippen LogP contribution >= 0.6 is 23.1 Å². The van der Waals surface area contributed by atoms with Crippen LogP contribution in [-0.2, 0) is 14.4 Å². The maximum Gasteiger partial charge on any atom is 0.305 e. The number of aromatic hydroxyl groups is 1. The molecule has 2 aliphatic rings. The summed E-state index contributed by atoms with van der Waals surface area (Å²) in [5.41, 5.74) is 2.69. The van der Waals surface area contributed by atoms with Crippen molar-refractivity contribution in [2.24, 2.45) is 5.92 Å². The van der Waals surface area contributed by atoms with Crippen molar-refractivity contribution in [3.63, 3.8) is 0 Å². The molecule has 4 aromatic rings. The monoisotopic (exact) mass is 603 g/mol. The van der Waals surface area contributed by atoms with Crippen molar-refractivity contribution in [2.45, 2.75) is 23.1 Å². The molecule has 1 fully saturated rings. The molecule has 1 saturated heterocycles. The van der Waals surface area contributed by atoms with E-state index in [4.69, 9.17) is 9.47 Å². The molecule has 0 radical (unpaired) electrons. The smallest absolute Gasteiger partial charge is 0.305 e. The summed E-state index contributed by atoms with van der Waals surface area (Å²) in [5.74, 6) is -1.67. The normalized spacial score (nSPS) is 19.3. The number of aryl methyl sites for hydroxylation is 1. The van der Waals surface area contributed by atoms with Gasteiger partial charge in [-0.2, -0.15) is 0 Å². The molecule has 214 valence electrons. The maximum atomic E-state index is 13.9. The van der Waals surface area contributed by atoms with Crippen molar-refractivity contribution >= 4 is 52.2 Å². The van der Waals surface area contributed by atoms with Gasteiger partial charge in [-0.1, -0.05) is 46.9 Å². The van der Waals surface area contributed by atoms with Gasteiger partial charge in [-0.3, -0.25) is 19.2 Å². The Kier molecular flexibility index (Phi) is 7.25. The highest BCUT2D eigenvalue weighted by molar-refractivity contribution is 8.00. The summed E-state index contributed by atoms with van der Waals surface area (Å²) in [7, 11) is 1.46. The second kappa shape index (κ2) is 11.0. The Morgan fingerprint density at radius 3 is 2.45 bits per heavy atom. The lowest BCUT2D eigenvalue weighted by molar-refractivity contribution is -0.122. The minimum absolute atomic E-state index is 0.0857. The number of thioether (sulfide) groups is 1. The number of nitrogens with zero attached hydrogens (tertiary/aromatic N) is 1. The number of hydrogen-bond donors (Lipinski definition) is 3. The zero-order valence-corrected chi connectivity index (χ0v) is 24.1. The van der Waals surface area contributed by atoms with Crippen molar-refractivity contribution in [2.75, 3.05) is 23.9 Å². The summed E-state index contributed by atoms with van der Waals surface area (Å²) in [6, 6.07) is 18.4. The van der Waals surface area contributed by atoms with Gasteiger partial charge in [0, 0.05) is 16.5 Å². The summed E-state index contributed by atoms with van der Waals surface area (Å²) >= 11 is 2.24. The number of anilines is 2. The van der Waals surface area contributed by atoms with Crippen molar-refractivity contribution in [1.29, 1.82) is 0 Å². The Morgan fingerprint density at radius 1 is 1.00 bits per heavy atom. The number of carbonyl (C=O) groups is 3. The fourth-order valence-corrected chi connectivity index (χ4v) is 7.72. The third-order valence-electron chi connectivity index (χ3n) is 7.17. The van der Waals surface area contributed by atoms with E-state index >= 15 is 0 Å². The zero-order valence-electron chi connectivity index (χ0n) is 22.5. The number of fused-ring (bicyclic) bond motifs is 2. The predicted octanol–water partition coefficient (Wildman–Crippen LogP) is 4.27. The van der Waals surface area contributed by atoms with Crippen LogP contribution in [0.1, 0.15) is 21.9 Å². The number of aromatic nitrogens is 1. The van der Waals surface area contributed by atoms with Crippen molar-refractivity contribution in [1.82, 2.24) is 4.98 Å². The summed E-state index contributed by atoms with van der Waals surface area (Å²) in [5, 5.41) is 12.0. The number of ether oxygens (including phenoxy) is 2. The number of phenols is 1. The molecule has 42 heavy (non-hydrogen) atoms. The number of nitrogens with one attached hydrogen (secondary N) is 2. The van der Waals surface area contributed by atoms with Gasteiger partial charge in [-0.05, 0) is 61.0 Å². The van der Waals surface area contributed by atoms with Crippen LogP contribution in [0.5, 0.6) is 17.2 Å². The molecule has 10 nitrogen and oxygen atoms in total. The SMILES string of the molecule is COc1cc([C@@H]2c3sc(=O)[nH]c3S[C@H]3C(=O)N(c4ccc(C)cc4)C(=O)[C@@H]23)ccc1OCC(=O)Nc1ccc(O)cc1. The van der Waals surface area contributed by atoms with Gasteiger partial charge in [0.25, 0.3) is 5.91 Å². The molecule has 0 spiro atoms. The van der Waals surface area contributed by atoms with E-state index in [1.165, 1.54) is 35.9 Å². The first-order chi connectivity index (χ1) is 20.2. The molecule has 3 aromatic carbocycles. The number of thiazole rings is 1. The molecule has 0 unspecified atom stereocenters. The van der Waals surface area contributed by atoms with E-state index in [0.717, 1.165) is 16.9 Å². The Labute approximate surface area is 248 Å². The minimum Gasteiger partial charge on any atom is -0.508 e. The third-order valence-corrected chi connectivity index (χ3v) is 9.57. The Morgan fingerprint density at radius 2 is 1.74 bits per heavy atom. The van der Waals surface area contributed by atoms with Crippen LogP contribution in [0.15, 0.2) is 76.6 Å². The molecule has 0 aliphatic carbocycles. The van der Waals surface area contributed by atoms with Gasteiger partial charge in [0.05, 0.1) is 23.7 Å². The maximum absolute atomic E-state index is 13.9. The average molecular weight is 604 g/mol. The van der Waals surface area contributed by atoms with E-state index < -0.39 is 23.0 Å². The lowest BCUT2D eigenvalue weighted by Crippen LogP contribution is -2.32. The topological polar surface area (TPSA) is 138 Å². The number of methoxy groups -OCH3 is 1. The van der Waals surface area contributed by atoms with Crippen molar-refractivity contribution < 1.29 is 29.0 Å².